The van der Waals surface area contributed by atoms with Crippen molar-refractivity contribution in [2.24, 2.45) is 0 Å². The first kappa shape index (κ1) is 13.0. The summed E-state index contributed by atoms with van der Waals surface area (Å²) in [5.41, 5.74) is -4.05. The third-order valence-corrected chi connectivity index (χ3v) is 2.56. The molecule has 7 heteroatoms. The van der Waals surface area contributed by atoms with E-state index in [-0.39, 0.29) is 10.9 Å². The van der Waals surface area contributed by atoms with Crippen molar-refractivity contribution in [3.63, 3.8) is 0 Å². The fourth-order valence-electron chi connectivity index (χ4n) is 1.55. The molecule has 1 unspecified atom stereocenters. The summed E-state index contributed by atoms with van der Waals surface area (Å²) in [7, 11) is 0. The van der Waals surface area contributed by atoms with Crippen molar-refractivity contribution in [2.45, 2.75) is 11.8 Å². The largest absolute Gasteiger partial charge is 0.433 e. The number of nitrogens with zero attached hydrogens (tertiary/aromatic N) is 1. The molecule has 0 saturated heterocycles. The fraction of sp³-hybridized carbons (Fsp3) is 0.182. The molecule has 0 aliphatic heterocycles. The van der Waals surface area contributed by atoms with Crippen molar-refractivity contribution >= 4 is 22.5 Å². The predicted octanol–water partition coefficient (Wildman–Crippen LogP) is 4.60. The van der Waals surface area contributed by atoms with Gasteiger partial charge in [0.25, 0.3) is 0 Å². The highest BCUT2D eigenvalue weighted by molar-refractivity contribution is 6.20. The third kappa shape index (κ3) is 2.38. The number of alkyl halides is 5. The Balaban J connectivity index is 2.79. The zero-order valence-electron chi connectivity index (χ0n) is 8.60. The number of aromatic nitrogens is 1. The van der Waals surface area contributed by atoms with Crippen LogP contribution < -0.4 is 0 Å². The SMILES string of the molecule is Fc1ccc2nc(C(F)(F)F)cc(C(F)Cl)c2c1. The van der Waals surface area contributed by atoms with Crippen molar-refractivity contribution in [1.82, 2.24) is 4.98 Å². The van der Waals surface area contributed by atoms with E-state index >= 15 is 0 Å². The van der Waals surface area contributed by atoms with Crippen LogP contribution >= 0.6 is 11.6 Å². The number of rotatable bonds is 1. The van der Waals surface area contributed by atoms with E-state index < -0.39 is 28.9 Å². The minimum absolute atomic E-state index is 0.0782. The van der Waals surface area contributed by atoms with E-state index in [0.29, 0.717) is 6.07 Å². The number of halogens is 6. The van der Waals surface area contributed by atoms with E-state index in [1.54, 1.807) is 0 Å². The van der Waals surface area contributed by atoms with Crippen LogP contribution in [0.5, 0.6) is 0 Å². The van der Waals surface area contributed by atoms with Crippen LogP contribution in [0.1, 0.15) is 16.9 Å². The second kappa shape index (κ2) is 4.35. The van der Waals surface area contributed by atoms with Gasteiger partial charge in [-0.25, -0.2) is 13.8 Å². The minimum Gasteiger partial charge on any atom is -0.243 e. The van der Waals surface area contributed by atoms with Crippen LogP contribution in [0.3, 0.4) is 0 Å². The lowest BCUT2D eigenvalue weighted by Gasteiger charge is -2.11. The molecule has 0 aliphatic carbocycles. The molecule has 1 nitrogen and oxygen atoms in total. The van der Waals surface area contributed by atoms with Crippen LogP contribution in [0.4, 0.5) is 22.0 Å². The Morgan fingerprint density at radius 3 is 2.39 bits per heavy atom. The van der Waals surface area contributed by atoms with Gasteiger partial charge in [-0.05, 0) is 24.3 Å². The Bertz CT molecular complexity index is 594. The van der Waals surface area contributed by atoms with E-state index in [4.69, 9.17) is 11.6 Å². The van der Waals surface area contributed by atoms with Gasteiger partial charge in [-0.1, -0.05) is 11.6 Å². The molecule has 2 rings (SSSR count). The topological polar surface area (TPSA) is 12.9 Å². The van der Waals surface area contributed by atoms with Crippen LogP contribution in [0.25, 0.3) is 10.9 Å². The molecule has 0 bridgehead atoms. The molecular weight excluding hydrogens is 277 g/mol. The summed E-state index contributed by atoms with van der Waals surface area (Å²) in [6.45, 7) is 0. The standard InChI is InChI=1S/C11H5ClF5N/c12-10(14)7-4-9(11(15,16)17)18-8-2-1-5(13)3-6(7)8/h1-4,10H. The van der Waals surface area contributed by atoms with Crippen LogP contribution in [-0.4, -0.2) is 4.98 Å². The van der Waals surface area contributed by atoms with Gasteiger partial charge in [-0.3, -0.25) is 0 Å². The Kier molecular flexibility index (Phi) is 3.14. The molecule has 1 aromatic carbocycles. The van der Waals surface area contributed by atoms with Crippen molar-refractivity contribution in [3.8, 4) is 0 Å². The van der Waals surface area contributed by atoms with Gasteiger partial charge < -0.3 is 0 Å². The van der Waals surface area contributed by atoms with Crippen molar-refractivity contribution in [1.29, 1.82) is 0 Å². The average molecular weight is 282 g/mol. The number of pyridine rings is 1. The molecule has 0 fully saturated rings. The van der Waals surface area contributed by atoms with E-state index in [1.807, 2.05) is 0 Å². The summed E-state index contributed by atoms with van der Waals surface area (Å²) in [5.74, 6) is -0.706. The normalized spacial score (nSPS) is 13.9. The third-order valence-electron chi connectivity index (χ3n) is 2.33. The highest BCUT2D eigenvalue weighted by Crippen LogP contribution is 2.35. The number of hydrogen-bond donors (Lipinski definition) is 0. The molecule has 18 heavy (non-hydrogen) atoms. The van der Waals surface area contributed by atoms with Gasteiger partial charge in [-0.15, -0.1) is 0 Å². The summed E-state index contributed by atoms with van der Waals surface area (Å²) in [6, 6.07) is 3.37. The lowest BCUT2D eigenvalue weighted by atomic mass is 10.1. The van der Waals surface area contributed by atoms with E-state index in [9.17, 15) is 22.0 Å². The summed E-state index contributed by atoms with van der Waals surface area (Å²) in [4.78, 5) is 3.31. The molecule has 0 saturated carbocycles. The molecule has 0 N–H and O–H groups in total. The van der Waals surface area contributed by atoms with Gasteiger partial charge in [0.2, 0.25) is 0 Å². The highest BCUT2D eigenvalue weighted by atomic mass is 35.5. The average Bonchev–Trinajstić information content (AvgIpc) is 2.25. The molecule has 0 amide bonds. The maximum absolute atomic E-state index is 13.1. The summed E-state index contributed by atoms with van der Waals surface area (Å²) >= 11 is 5.17. The molecule has 96 valence electrons. The quantitative estimate of drug-likeness (QED) is 0.550. The van der Waals surface area contributed by atoms with Crippen LogP contribution in [0, 0.1) is 5.82 Å². The van der Waals surface area contributed by atoms with Gasteiger partial charge in [0.1, 0.15) is 11.5 Å². The van der Waals surface area contributed by atoms with Crippen molar-refractivity contribution < 1.29 is 22.0 Å². The summed E-state index contributed by atoms with van der Waals surface area (Å²) in [5, 5.41) is -0.0782. The maximum Gasteiger partial charge on any atom is 0.433 e. The van der Waals surface area contributed by atoms with Gasteiger partial charge in [0.15, 0.2) is 5.63 Å². The van der Waals surface area contributed by atoms with E-state index in [1.165, 1.54) is 0 Å². The maximum atomic E-state index is 13.1. The smallest absolute Gasteiger partial charge is 0.243 e. The number of hydrogen-bond acceptors (Lipinski definition) is 1. The molecule has 1 aromatic heterocycles. The molecule has 0 spiro atoms. The van der Waals surface area contributed by atoms with Crippen LogP contribution in [-0.2, 0) is 6.18 Å². The van der Waals surface area contributed by atoms with Crippen LogP contribution in [0.2, 0.25) is 0 Å². The van der Waals surface area contributed by atoms with Gasteiger partial charge >= 0.3 is 6.18 Å². The zero-order valence-corrected chi connectivity index (χ0v) is 9.36. The highest BCUT2D eigenvalue weighted by Gasteiger charge is 2.34. The molecular formula is C11H5ClF5N. The Morgan fingerprint density at radius 2 is 1.83 bits per heavy atom. The van der Waals surface area contributed by atoms with Crippen molar-refractivity contribution in [3.05, 3.63) is 41.3 Å². The first-order chi connectivity index (χ1) is 8.29. The van der Waals surface area contributed by atoms with E-state index in [2.05, 4.69) is 4.98 Å². The predicted molar refractivity (Wildman–Crippen MR) is 56.4 cm³/mol. The Hall–Kier alpha value is -1.43. The first-order valence-corrected chi connectivity index (χ1v) is 5.18. The second-order valence-corrected chi connectivity index (χ2v) is 3.94. The molecule has 2 aromatic rings. The van der Waals surface area contributed by atoms with Crippen LogP contribution in [0.15, 0.2) is 24.3 Å². The first-order valence-electron chi connectivity index (χ1n) is 4.74. The number of fused-ring (bicyclic) bond motifs is 1. The lowest BCUT2D eigenvalue weighted by Crippen LogP contribution is -2.09. The lowest BCUT2D eigenvalue weighted by molar-refractivity contribution is -0.141. The summed E-state index contributed by atoms with van der Waals surface area (Å²) < 4.78 is 63.7. The van der Waals surface area contributed by atoms with Gasteiger partial charge in [-0.2, -0.15) is 13.2 Å². The second-order valence-electron chi connectivity index (χ2n) is 3.56. The van der Waals surface area contributed by atoms with Crippen molar-refractivity contribution in [2.75, 3.05) is 0 Å². The molecule has 1 atom stereocenters. The molecule has 1 heterocycles. The van der Waals surface area contributed by atoms with E-state index in [0.717, 1.165) is 18.2 Å². The summed E-state index contributed by atoms with van der Waals surface area (Å²) in [6.07, 6.45) is -4.72. The monoisotopic (exact) mass is 281 g/mol. The fourth-order valence-corrected chi connectivity index (χ4v) is 1.73. The molecule has 0 radical (unpaired) electrons. The Labute approximate surface area is 103 Å². The molecule has 0 aliphatic rings. The Morgan fingerprint density at radius 1 is 1.17 bits per heavy atom. The van der Waals surface area contributed by atoms with Gasteiger partial charge in [0.05, 0.1) is 5.52 Å². The zero-order chi connectivity index (χ0) is 13.5. The minimum atomic E-state index is -4.72. The number of benzene rings is 1. The van der Waals surface area contributed by atoms with Gasteiger partial charge in [0, 0.05) is 10.9 Å².